The summed E-state index contributed by atoms with van der Waals surface area (Å²) in [6, 6.07) is 18.5. The van der Waals surface area contributed by atoms with Crippen LogP contribution in [0.3, 0.4) is 0 Å². The number of aliphatic hydroxyl groups excluding tert-OH is 1. The van der Waals surface area contributed by atoms with E-state index in [0.29, 0.717) is 23.0 Å². The van der Waals surface area contributed by atoms with Crippen LogP contribution >= 0.6 is 0 Å². The molecule has 12 heteroatoms. The number of benzene rings is 3. The summed E-state index contributed by atoms with van der Waals surface area (Å²) in [5, 5.41) is 24.2. The van der Waals surface area contributed by atoms with Crippen molar-refractivity contribution >= 4 is 32.6 Å². The molecule has 0 aliphatic carbocycles. The fourth-order valence-corrected chi connectivity index (χ4v) is 5.29. The standard InChI is InChI=1S/C30H32F3N3O5S/c1-19(34-17-28(37)22-7-5-8-24(15-22)30(31,32)33)12-20-10-11-26-23(13-20)16-27(29(38)39)36(26)18-21-6-4-9-25(14-21)35(2)42(3,40)41/h4-11,13-16,19,28,34,37H,12,17-18H2,1-3H3,(H,38,39). The maximum atomic E-state index is 13.0. The van der Waals surface area contributed by atoms with Gasteiger partial charge in [-0.15, -0.1) is 0 Å². The first-order valence-corrected chi connectivity index (χ1v) is 14.9. The zero-order valence-corrected chi connectivity index (χ0v) is 24.1. The third-order valence-electron chi connectivity index (χ3n) is 7.10. The Bertz CT molecular complexity index is 1700. The Labute approximate surface area is 242 Å². The topological polar surface area (TPSA) is 112 Å². The third-order valence-corrected chi connectivity index (χ3v) is 8.30. The number of hydrogen-bond acceptors (Lipinski definition) is 5. The molecular weight excluding hydrogens is 571 g/mol. The van der Waals surface area contributed by atoms with Crippen molar-refractivity contribution in [1.29, 1.82) is 0 Å². The van der Waals surface area contributed by atoms with Crippen LogP contribution in [0.5, 0.6) is 0 Å². The zero-order chi connectivity index (χ0) is 30.8. The molecule has 2 atom stereocenters. The zero-order valence-electron chi connectivity index (χ0n) is 23.3. The Morgan fingerprint density at radius 3 is 2.40 bits per heavy atom. The summed E-state index contributed by atoms with van der Waals surface area (Å²) in [4.78, 5) is 12.1. The van der Waals surface area contributed by atoms with E-state index in [-0.39, 0.29) is 30.4 Å². The summed E-state index contributed by atoms with van der Waals surface area (Å²) in [5.74, 6) is -1.10. The van der Waals surface area contributed by atoms with Gasteiger partial charge in [0, 0.05) is 37.1 Å². The Balaban J connectivity index is 1.49. The molecule has 0 amide bonds. The smallest absolute Gasteiger partial charge is 0.416 e. The van der Waals surface area contributed by atoms with E-state index in [1.807, 2.05) is 25.1 Å². The van der Waals surface area contributed by atoms with Crippen LogP contribution in [0.25, 0.3) is 10.9 Å². The molecule has 0 saturated carbocycles. The van der Waals surface area contributed by atoms with Gasteiger partial charge in [0.2, 0.25) is 10.0 Å². The molecule has 8 nitrogen and oxygen atoms in total. The van der Waals surface area contributed by atoms with Crippen LogP contribution in [0.2, 0.25) is 0 Å². The van der Waals surface area contributed by atoms with Crippen molar-refractivity contribution in [3.8, 4) is 0 Å². The second-order valence-electron chi connectivity index (χ2n) is 10.4. The quantitative estimate of drug-likeness (QED) is 0.221. The minimum atomic E-state index is -4.49. The predicted octanol–water partition coefficient (Wildman–Crippen LogP) is 5.06. The molecule has 3 aromatic carbocycles. The number of sulfonamides is 1. The van der Waals surface area contributed by atoms with Gasteiger partial charge in [-0.05, 0) is 72.5 Å². The van der Waals surface area contributed by atoms with Crippen molar-refractivity contribution in [3.05, 3.63) is 101 Å². The first-order chi connectivity index (χ1) is 19.6. The van der Waals surface area contributed by atoms with Gasteiger partial charge in [-0.25, -0.2) is 13.2 Å². The lowest BCUT2D eigenvalue weighted by Crippen LogP contribution is -2.32. The Kier molecular flexibility index (Phi) is 9.00. The monoisotopic (exact) mass is 603 g/mol. The van der Waals surface area contributed by atoms with E-state index in [1.165, 1.54) is 19.2 Å². The number of carbonyl (C=O) groups is 1. The van der Waals surface area contributed by atoms with Gasteiger partial charge in [-0.1, -0.05) is 30.3 Å². The minimum absolute atomic E-state index is 0.0534. The van der Waals surface area contributed by atoms with Gasteiger partial charge in [0.25, 0.3) is 0 Å². The lowest BCUT2D eigenvalue weighted by molar-refractivity contribution is -0.137. The van der Waals surface area contributed by atoms with Gasteiger partial charge in [0.15, 0.2) is 0 Å². The number of hydrogen-bond donors (Lipinski definition) is 3. The number of aromatic nitrogens is 1. The van der Waals surface area contributed by atoms with Crippen molar-refractivity contribution in [2.75, 3.05) is 24.2 Å². The highest BCUT2D eigenvalue weighted by molar-refractivity contribution is 7.92. The molecule has 0 aliphatic rings. The van der Waals surface area contributed by atoms with Gasteiger partial charge in [0.05, 0.1) is 23.6 Å². The molecule has 42 heavy (non-hydrogen) atoms. The van der Waals surface area contributed by atoms with Gasteiger partial charge < -0.3 is 20.1 Å². The van der Waals surface area contributed by atoms with Crippen LogP contribution in [0.1, 0.15) is 45.8 Å². The molecule has 0 radical (unpaired) electrons. The SMILES string of the molecule is CC(Cc1ccc2c(c1)cc(C(=O)O)n2Cc1cccc(N(C)S(C)(=O)=O)c1)NCC(O)c1cccc(C(F)(F)F)c1. The molecule has 3 N–H and O–H groups in total. The number of carboxylic acid groups (broad SMARTS) is 1. The number of carboxylic acids is 1. The summed E-state index contributed by atoms with van der Waals surface area (Å²) < 4.78 is 65.8. The van der Waals surface area contributed by atoms with Crippen molar-refractivity contribution in [3.63, 3.8) is 0 Å². The average Bonchev–Trinajstić information content (AvgIpc) is 3.28. The van der Waals surface area contributed by atoms with Gasteiger partial charge in [0.1, 0.15) is 5.69 Å². The van der Waals surface area contributed by atoms with Crippen LogP contribution in [0.15, 0.2) is 72.8 Å². The average molecular weight is 604 g/mol. The molecule has 0 spiro atoms. The highest BCUT2D eigenvalue weighted by Crippen LogP contribution is 2.31. The van der Waals surface area contributed by atoms with Crippen molar-refractivity contribution < 1.29 is 36.6 Å². The van der Waals surface area contributed by atoms with Crippen LogP contribution < -0.4 is 9.62 Å². The van der Waals surface area contributed by atoms with E-state index >= 15 is 0 Å². The van der Waals surface area contributed by atoms with Crippen molar-refractivity contribution in [2.45, 2.75) is 38.2 Å². The molecule has 4 aromatic rings. The minimum Gasteiger partial charge on any atom is -0.477 e. The Morgan fingerprint density at radius 2 is 1.74 bits per heavy atom. The molecule has 1 aromatic heterocycles. The number of aliphatic hydroxyl groups is 1. The summed E-state index contributed by atoms with van der Waals surface area (Å²) in [7, 11) is -2.01. The number of nitrogens with zero attached hydrogens (tertiary/aromatic N) is 2. The molecule has 224 valence electrons. The normalized spacial score (nSPS) is 13.7. The van der Waals surface area contributed by atoms with Crippen LogP contribution in [-0.4, -0.2) is 55.1 Å². The van der Waals surface area contributed by atoms with Gasteiger partial charge in [-0.3, -0.25) is 4.31 Å². The van der Waals surface area contributed by atoms with Gasteiger partial charge >= 0.3 is 12.1 Å². The summed E-state index contributed by atoms with van der Waals surface area (Å²) >= 11 is 0. The lowest BCUT2D eigenvalue weighted by Gasteiger charge is -2.19. The van der Waals surface area contributed by atoms with E-state index in [2.05, 4.69) is 5.32 Å². The first-order valence-electron chi connectivity index (χ1n) is 13.1. The molecule has 0 saturated heterocycles. The fraction of sp³-hybridized carbons (Fsp3) is 0.300. The number of fused-ring (bicyclic) bond motifs is 1. The maximum Gasteiger partial charge on any atom is 0.416 e. The van der Waals surface area contributed by atoms with Crippen molar-refractivity contribution in [2.24, 2.45) is 0 Å². The summed E-state index contributed by atoms with van der Waals surface area (Å²) in [6.45, 7) is 2.15. The molecule has 4 rings (SSSR count). The molecule has 1 heterocycles. The number of alkyl halides is 3. The van der Waals surface area contributed by atoms with Crippen LogP contribution in [0, 0.1) is 0 Å². The molecular formula is C30H32F3N3O5S. The highest BCUT2D eigenvalue weighted by atomic mass is 32.2. The number of anilines is 1. The Morgan fingerprint density at radius 1 is 1.02 bits per heavy atom. The van der Waals surface area contributed by atoms with E-state index in [0.717, 1.165) is 33.8 Å². The van der Waals surface area contributed by atoms with Crippen molar-refractivity contribution in [1.82, 2.24) is 9.88 Å². The number of halogens is 3. The maximum absolute atomic E-state index is 13.0. The highest BCUT2D eigenvalue weighted by Gasteiger charge is 2.31. The van der Waals surface area contributed by atoms with Crippen LogP contribution in [-0.2, 0) is 29.2 Å². The fourth-order valence-electron chi connectivity index (χ4n) is 4.80. The second kappa shape index (κ2) is 12.2. The molecule has 0 fully saturated rings. The third kappa shape index (κ3) is 7.30. The number of nitrogens with one attached hydrogen (secondary N) is 1. The van der Waals surface area contributed by atoms with Gasteiger partial charge in [-0.2, -0.15) is 13.2 Å². The van der Waals surface area contributed by atoms with E-state index in [9.17, 15) is 36.6 Å². The largest absolute Gasteiger partial charge is 0.477 e. The molecule has 0 aliphatic heterocycles. The number of aromatic carboxylic acids is 1. The summed E-state index contributed by atoms with van der Waals surface area (Å²) in [6.07, 6.45) is -3.99. The predicted molar refractivity (Wildman–Crippen MR) is 155 cm³/mol. The molecule has 2 unspecified atom stereocenters. The van der Waals surface area contributed by atoms with Crippen LogP contribution in [0.4, 0.5) is 18.9 Å². The van der Waals surface area contributed by atoms with E-state index in [1.54, 1.807) is 34.9 Å². The first kappa shape index (κ1) is 31.1. The lowest BCUT2D eigenvalue weighted by atomic mass is 10.0. The Hall–Kier alpha value is -3.87. The summed E-state index contributed by atoms with van der Waals surface area (Å²) in [5.41, 5.74) is 2.22. The van der Waals surface area contributed by atoms with E-state index < -0.39 is 33.8 Å². The van der Waals surface area contributed by atoms with E-state index in [4.69, 9.17) is 0 Å². The number of rotatable bonds is 11. The second-order valence-corrected chi connectivity index (χ2v) is 12.4. The molecule has 0 bridgehead atoms.